The van der Waals surface area contributed by atoms with Gasteiger partial charge in [0.1, 0.15) is 19.3 Å². The summed E-state index contributed by atoms with van der Waals surface area (Å²) in [6, 6.07) is 20.5. The van der Waals surface area contributed by atoms with Gasteiger partial charge < -0.3 is 30.5 Å². The molecule has 2 aromatic heterocycles. The number of hydrogen-bond donors (Lipinski definition) is 4. The van der Waals surface area contributed by atoms with Gasteiger partial charge in [0.05, 0.1) is 22.0 Å². The highest BCUT2D eigenvalue weighted by molar-refractivity contribution is 7.11. The van der Waals surface area contributed by atoms with E-state index in [1.54, 1.807) is 24.7 Å². The molecule has 4 aromatic rings. The lowest BCUT2D eigenvalue weighted by atomic mass is 9.93. The quantitative estimate of drug-likeness (QED) is 0.106. The number of aromatic nitrogens is 2. The van der Waals surface area contributed by atoms with Crippen molar-refractivity contribution in [2.45, 2.75) is 90.3 Å². The molecule has 0 aliphatic rings. The second-order valence-corrected chi connectivity index (χ2v) is 14.0. The molecule has 0 spiro atoms. The van der Waals surface area contributed by atoms with E-state index in [1.807, 2.05) is 94.4 Å². The highest BCUT2D eigenvalue weighted by atomic mass is 32.1. The monoisotopic (exact) mass is 701 g/mol. The Balaban J connectivity index is 1.45. The Bertz CT molecular complexity index is 1620. The molecule has 2 heterocycles. The van der Waals surface area contributed by atoms with Crippen LogP contribution in [0, 0.1) is 5.92 Å². The fraction of sp³-hybridized carbons (Fsp3) is 0.395. The number of benzene rings is 2. The fourth-order valence-corrected chi connectivity index (χ4v) is 6.14. The van der Waals surface area contributed by atoms with E-state index in [2.05, 4.69) is 25.9 Å². The summed E-state index contributed by atoms with van der Waals surface area (Å²) in [5.41, 5.74) is 2.61. The number of nitrogens with zero attached hydrogens (tertiary/aromatic N) is 2. The Hall–Kier alpha value is -4.81. The molecule has 4 N–H and O–H groups in total. The second-order valence-electron chi connectivity index (χ2n) is 12.8. The topological polar surface area (TPSA) is 152 Å². The summed E-state index contributed by atoms with van der Waals surface area (Å²) in [4.78, 5) is 48.7. The number of pyridine rings is 1. The van der Waals surface area contributed by atoms with Gasteiger partial charge >= 0.3 is 12.2 Å². The van der Waals surface area contributed by atoms with Crippen molar-refractivity contribution in [2.75, 3.05) is 0 Å². The highest BCUT2D eigenvalue weighted by Gasteiger charge is 2.31. The van der Waals surface area contributed by atoms with Gasteiger partial charge in [0.2, 0.25) is 5.91 Å². The van der Waals surface area contributed by atoms with Crippen LogP contribution in [0.1, 0.15) is 66.6 Å². The molecule has 4 rings (SSSR count). The van der Waals surface area contributed by atoms with Crippen LogP contribution in [0.4, 0.5) is 9.59 Å². The Kier molecular flexibility index (Phi) is 14.7. The lowest BCUT2D eigenvalue weighted by Crippen LogP contribution is -2.56. The summed E-state index contributed by atoms with van der Waals surface area (Å²) >= 11 is 1.48. The van der Waals surface area contributed by atoms with Crippen LogP contribution in [-0.4, -0.2) is 57.4 Å². The number of thiazole rings is 1. The molecule has 0 bridgehead atoms. The van der Waals surface area contributed by atoms with E-state index in [0.717, 1.165) is 26.6 Å². The third-order valence-electron chi connectivity index (χ3n) is 7.99. The SMILES string of the molecule is CC(C)c1ncc(COC(=O)N[C@H](C(=O)N[C@@H](Cc2ccccc2)[C@@H](O)C[C@H](Cc2ccccc2)NC(=O)OCc2cccnc2)C(C)C)s1. The van der Waals surface area contributed by atoms with E-state index in [4.69, 9.17) is 9.47 Å². The molecule has 0 fully saturated rings. The second kappa shape index (κ2) is 19.4. The van der Waals surface area contributed by atoms with Crippen molar-refractivity contribution in [3.8, 4) is 0 Å². The van der Waals surface area contributed by atoms with Crippen LogP contribution in [0.3, 0.4) is 0 Å². The maximum atomic E-state index is 13.8. The Morgan fingerprint density at radius 2 is 1.38 bits per heavy atom. The molecule has 4 atom stereocenters. The number of nitrogens with one attached hydrogen (secondary N) is 3. The summed E-state index contributed by atoms with van der Waals surface area (Å²) in [6.45, 7) is 7.82. The minimum Gasteiger partial charge on any atom is -0.445 e. The van der Waals surface area contributed by atoms with Gasteiger partial charge in [-0.2, -0.15) is 0 Å². The zero-order chi connectivity index (χ0) is 35.9. The summed E-state index contributed by atoms with van der Waals surface area (Å²) in [6.07, 6.45) is 3.37. The van der Waals surface area contributed by atoms with Crippen LogP contribution in [0.25, 0.3) is 0 Å². The highest BCUT2D eigenvalue weighted by Crippen LogP contribution is 2.22. The van der Waals surface area contributed by atoms with Crippen molar-refractivity contribution in [1.29, 1.82) is 0 Å². The average molecular weight is 702 g/mol. The lowest BCUT2D eigenvalue weighted by molar-refractivity contribution is -0.125. The zero-order valence-electron chi connectivity index (χ0n) is 29.0. The third-order valence-corrected chi connectivity index (χ3v) is 9.26. The van der Waals surface area contributed by atoms with Gasteiger partial charge in [0.25, 0.3) is 0 Å². The van der Waals surface area contributed by atoms with E-state index in [-0.39, 0.29) is 31.5 Å². The standard InChI is InChI=1S/C38H47N5O6S/c1-25(2)34(43-38(47)49-24-31-22-40-36(50-31)26(3)4)35(45)42-32(19-28-14-9-6-10-15-28)33(44)20-30(18-27-12-7-5-8-13-27)41-37(46)48-23-29-16-11-17-39-21-29/h5-17,21-22,25-26,30,32-34,44H,18-20,23-24H2,1-4H3,(H,41,46)(H,42,45)(H,43,47)/t30-,32-,33-,34-/m0/s1. The number of hydrogen-bond acceptors (Lipinski definition) is 9. The van der Waals surface area contributed by atoms with Crippen LogP contribution in [0.2, 0.25) is 0 Å². The zero-order valence-corrected chi connectivity index (χ0v) is 29.8. The smallest absolute Gasteiger partial charge is 0.408 e. The number of aliphatic hydroxyl groups is 1. The molecule has 2 aromatic carbocycles. The fourth-order valence-electron chi connectivity index (χ4n) is 5.31. The summed E-state index contributed by atoms with van der Waals surface area (Å²) in [7, 11) is 0. The predicted molar refractivity (Wildman–Crippen MR) is 192 cm³/mol. The van der Waals surface area contributed by atoms with Crippen LogP contribution in [0.15, 0.2) is 91.4 Å². The number of aliphatic hydroxyl groups excluding tert-OH is 1. The number of carbonyl (C=O) groups is 3. The van der Waals surface area contributed by atoms with E-state index in [0.29, 0.717) is 12.8 Å². The summed E-state index contributed by atoms with van der Waals surface area (Å²) in [5.74, 6) is -0.471. The molecule has 0 aliphatic carbocycles. The molecule has 0 unspecified atom stereocenters. The Morgan fingerprint density at radius 3 is 1.98 bits per heavy atom. The number of carbonyl (C=O) groups excluding carboxylic acids is 3. The molecule has 0 saturated carbocycles. The van der Waals surface area contributed by atoms with Gasteiger partial charge in [-0.3, -0.25) is 9.78 Å². The molecule has 3 amide bonds. The first-order valence-electron chi connectivity index (χ1n) is 16.8. The first-order valence-corrected chi connectivity index (χ1v) is 17.6. The largest absolute Gasteiger partial charge is 0.445 e. The number of alkyl carbamates (subject to hydrolysis) is 2. The van der Waals surface area contributed by atoms with E-state index in [1.165, 1.54) is 11.3 Å². The first-order chi connectivity index (χ1) is 24.1. The predicted octanol–water partition coefficient (Wildman–Crippen LogP) is 5.93. The maximum absolute atomic E-state index is 13.8. The van der Waals surface area contributed by atoms with Crippen molar-refractivity contribution < 1.29 is 29.0 Å². The average Bonchev–Trinajstić information content (AvgIpc) is 3.59. The van der Waals surface area contributed by atoms with Crippen molar-refractivity contribution in [1.82, 2.24) is 25.9 Å². The number of rotatable bonds is 17. The minimum atomic E-state index is -1.08. The van der Waals surface area contributed by atoms with Crippen molar-refractivity contribution in [2.24, 2.45) is 5.92 Å². The van der Waals surface area contributed by atoms with Gasteiger partial charge in [-0.25, -0.2) is 14.6 Å². The maximum Gasteiger partial charge on any atom is 0.408 e. The minimum absolute atomic E-state index is 0.0402. The molecule has 266 valence electrons. The van der Waals surface area contributed by atoms with E-state index in [9.17, 15) is 19.5 Å². The van der Waals surface area contributed by atoms with Crippen molar-refractivity contribution in [3.05, 3.63) is 118 Å². The molecule has 0 radical (unpaired) electrons. The molecule has 11 nitrogen and oxygen atoms in total. The molecule has 0 saturated heterocycles. The molecular weight excluding hydrogens is 655 g/mol. The molecule has 50 heavy (non-hydrogen) atoms. The van der Waals surface area contributed by atoms with Crippen LogP contribution in [0.5, 0.6) is 0 Å². The normalized spacial score (nSPS) is 13.6. The van der Waals surface area contributed by atoms with Crippen LogP contribution >= 0.6 is 11.3 Å². The summed E-state index contributed by atoms with van der Waals surface area (Å²) in [5, 5.41) is 21.3. The van der Waals surface area contributed by atoms with Gasteiger partial charge in [0.15, 0.2) is 0 Å². The summed E-state index contributed by atoms with van der Waals surface area (Å²) < 4.78 is 10.9. The third kappa shape index (κ3) is 12.6. The Morgan fingerprint density at radius 1 is 0.760 bits per heavy atom. The van der Waals surface area contributed by atoms with Crippen LogP contribution < -0.4 is 16.0 Å². The van der Waals surface area contributed by atoms with Crippen LogP contribution in [-0.2, 0) is 40.3 Å². The van der Waals surface area contributed by atoms with Gasteiger partial charge in [0, 0.05) is 36.1 Å². The van der Waals surface area contributed by atoms with Crippen molar-refractivity contribution >= 4 is 29.4 Å². The number of amides is 3. The molecule has 12 heteroatoms. The van der Waals surface area contributed by atoms with E-state index < -0.39 is 42.3 Å². The van der Waals surface area contributed by atoms with Gasteiger partial charge in [-0.05, 0) is 42.4 Å². The molecule has 0 aliphatic heterocycles. The van der Waals surface area contributed by atoms with Crippen molar-refractivity contribution in [3.63, 3.8) is 0 Å². The molecular formula is C38H47N5O6S. The Labute approximate surface area is 297 Å². The first kappa shape index (κ1) is 38.0. The van der Waals surface area contributed by atoms with Gasteiger partial charge in [-0.15, -0.1) is 11.3 Å². The van der Waals surface area contributed by atoms with Gasteiger partial charge in [-0.1, -0.05) is 94.4 Å². The van der Waals surface area contributed by atoms with E-state index >= 15 is 0 Å². The number of ether oxygens (including phenoxy) is 2. The lowest BCUT2D eigenvalue weighted by Gasteiger charge is -2.30.